The van der Waals surface area contributed by atoms with Crippen molar-refractivity contribution in [3.8, 4) is 22.6 Å². The second-order valence-corrected chi connectivity index (χ2v) is 12.4. The summed E-state index contributed by atoms with van der Waals surface area (Å²) >= 11 is 0. The zero-order chi connectivity index (χ0) is 29.1. The molecule has 2 fully saturated rings. The van der Waals surface area contributed by atoms with Crippen molar-refractivity contribution in [2.45, 2.75) is 25.4 Å². The highest BCUT2D eigenvalue weighted by Gasteiger charge is 2.42. The van der Waals surface area contributed by atoms with E-state index in [1.54, 1.807) is 7.11 Å². The summed E-state index contributed by atoms with van der Waals surface area (Å²) < 4.78 is 24.1. The third-order valence-corrected chi connectivity index (χ3v) is 9.72. The van der Waals surface area contributed by atoms with Gasteiger partial charge in [0.2, 0.25) is 0 Å². The van der Waals surface area contributed by atoms with Gasteiger partial charge in [-0.1, -0.05) is 56.3 Å². The van der Waals surface area contributed by atoms with Crippen LogP contribution in [0, 0.1) is 0 Å². The smallest absolute Gasteiger partial charge is 0.142 e. The highest BCUT2D eigenvalue weighted by molar-refractivity contribution is 6.08. The summed E-state index contributed by atoms with van der Waals surface area (Å²) in [5, 5.41) is 2.37. The first-order valence-corrected chi connectivity index (χ1v) is 15.5. The lowest BCUT2D eigenvalue weighted by molar-refractivity contribution is 0.122. The summed E-state index contributed by atoms with van der Waals surface area (Å²) in [6, 6.07) is 22.2. The summed E-state index contributed by atoms with van der Waals surface area (Å²) in [6.07, 6.45) is 4.38. The molecule has 4 aliphatic rings. The van der Waals surface area contributed by atoms with Crippen LogP contribution in [-0.2, 0) is 14.9 Å². The van der Waals surface area contributed by atoms with Crippen LogP contribution < -0.4 is 19.3 Å². The van der Waals surface area contributed by atoms with Gasteiger partial charge in [0.15, 0.2) is 0 Å². The van der Waals surface area contributed by atoms with E-state index in [1.807, 2.05) is 0 Å². The van der Waals surface area contributed by atoms with Crippen molar-refractivity contribution in [2.24, 2.45) is 0 Å². The van der Waals surface area contributed by atoms with Crippen molar-refractivity contribution in [1.82, 2.24) is 0 Å². The highest BCUT2D eigenvalue weighted by atomic mass is 16.5. The molecule has 2 saturated heterocycles. The minimum absolute atomic E-state index is 0.146. The molecule has 6 heteroatoms. The Morgan fingerprint density at radius 1 is 0.814 bits per heavy atom. The number of nitrogens with zero attached hydrogens (tertiary/aromatic N) is 2. The number of hydrogen-bond donors (Lipinski definition) is 0. The van der Waals surface area contributed by atoms with E-state index >= 15 is 0 Å². The molecule has 8 rings (SSSR count). The summed E-state index contributed by atoms with van der Waals surface area (Å²) in [5.41, 5.74) is 9.72. The molecule has 0 N–H and O–H groups in total. The maximum absolute atomic E-state index is 6.93. The third kappa shape index (κ3) is 4.22. The van der Waals surface area contributed by atoms with Gasteiger partial charge in [-0.05, 0) is 63.5 Å². The van der Waals surface area contributed by atoms with Gasteiger partial charge in [-0.2, -0.15) is 0 Å². The van der Waals surface area contributed by atoms with Crippen LogP contribution >= 0.6 is 0 Å². The molecule has 0 radical (unpaired) electrons. The van der Waals surface area contributed by atoms with Gasteiger partial charge in [-0.15, -0.1) is 0 Å². The van der Waals surface area contributed by atoms with E-state index in [2.05, 4.69) is 96.5 Å². The van der Waals surface area contributed by atoms with Gasteiger partial charge in [0.1, 0.15) is 17.6 Å². The summed E-state index contributed by atoms with van der Waals surface area (Å²) in [6.45, 7) is 11.3. The average Bonchev–Trinajstić information content (AvgIpc) is 3.31. The average molecular weight is 575 g/mol. The Morgan fingerprint density at radius 3 is 2.19 bits per heavy atom. The van der Waals surface area contributed by atoms with Gasteiger partial charge in [0.25, 0.3) is 0 Å². The first-order chi connectivity index (χ1) is 21.0. The van der Waals surface area contributed by atoms with Crippen LogP contribution in [0.15, 0.2) is 66.7 Å². The van der Waals surface area contributed by atoms with Crippen LogP contribution in [0.3, 0.4) is 0 Å². The fourth-order valence-electron chi connectivity index (χ4n) is 7.51. The molecule has 0 bridgehead atoms. The topological polar surface area (TPSA) is 43.4 Å². The Balaban J connectivity index is 1.23. The van der Waals surface area contributed by atoms with Crippen molar-refractivity contribution in [1.29, 1.82) is 0 Å². The fraction of sp³-hybridized carbons (Fsp3) is 0.351. The molecule has 1 aliphatic carbocycles. The molecule has 3 aliphatic heterocycles. The summed E-state index contributed by atoms with van der Waals surface area (Å²) in [4.78, 5) is 4.78. The van der Waals surface area contributed by atoms with Crippen LogP contribution in [0.1, 0.15) is 42.2 Å². The van der Waals surface area contributed by atoms with E-state index in [-0.39, 0.29) is 11.5 Å². The van der Waals surface area contributed by atoms with Gasteiger partial charge in [0.05, 0.1) is 39.2 Å². The van der Waals surface area contributed by atoms with Crippen LogP contribution in [0.5, 0.6) is 11.5 Å². The van der Waals surface area contributed by atoms with Crippen molar-refractivity contribution in [2.75, 3.05) is 69.5 Å². The number of benzene rings is 4. The van der Waals surface area contributed by atoms with E-state index in [9.17, 15) is 0 Å². The predicted molar refractivity (Wildman–Crippen MR) is 173 cm³/mol. The minimum atomic E-state index is -0.216. The predicted octanol–water partition coefficient (Wildman–Crippen LogP) is 6.97. The molecular formula is C37H38N2O4. The lowest BCUT2D eigenvalue weighted by Crippen LogP contribution is -2.36. The lowest BCUT2D eigenvalue weighted by Gasteiger charge is -2.32. The molecule has 4 aromatic carbocycles. The molecule has 0 saturated carbocycles. The SMILES string of the molecule is COc1cc2c(cc1N1CCOCC1)C(C)(C)c1c3c(c4ccccc4c1-2)OC(c1ccc(N2CCOCC2)cc1)C=C3. The third-order valence-electron chi connectivity index (χ3n) is 9.72. The molecule has 3 heterocycles. The first-order valence-electron chi connectivity index (χ1n) is 15.5. The number of methoxy groups -OCH3 is 1. The van der Waals surface area contributed by atoms with Gasteiger partial charge < -0.3 is 28.7 Å². The Kier molecular flexibility index (Phi) is 6.39. The molecule has 43 heavy (non-hydrogen) atoms. The molecular weight excluding hydrogens is 536 g/mol. The van der Waals surface area contributed by atoms with Gasteiger partial charge >= 0.3 is 0 Å². The second-order valence-electron chi connectivity index (χ2n) is 12.4. The van der Waals surface area contributed by atoms with E-state index in [0.29, 0.717) is 0 Å². The van der Waals surface area contributed by atoms with Gasteiger partial charge in [-0.3, -0.25) is 0 Å². The minimum Gasteiger partial charge on any atom is -0.495 e. The van der Waals surface area contributed by atoms with Crippen molar-refractivity contribution in [3.05, 3.63) is 89.0 Å². The first kappa shape index (κ1) is 26.6. The van der Waals surface area contributed by atoms with Crippen LogP contribution in [0.25, 0.3) is 28.0 Å². The summed E-state index contributed by atoms with van der Waals surface area (Å²) in [7, 11) is 1.78. The highest BCUT2D eigenvalue weighted by Crippen LogP contribution is 2.58. The number of rotatable bonds is 4. The maximum Gasteiger partial charge on any atom is 0.142 e. The molecule has 0 aromatic heterocycles. The lowest BCUT2D eigenvalue weighted by atomic mass is 9.78. The number of anilines is 2. The van der Waals surface area contributed by atoms with Crippen LogP contribution in [0.4, 0.5) is 11.4 Å². The number of fused-ring (bicyclic) bond motifs is 8. The molecule has 4 aromatic rings. The largest absolute Gasteiger partial charge is 0.495 e. The Morgan fingerprint density at radius 2 is 1.49 bits per heavy atom. The van der Waals surface area contributed by atoms with E-state index < -0.39 is 0 Å². The number of morpholine rings is 2. The molecule has 1 atom stereocenters. The van der Waals surface area contributed by atoms with Crippen molar-refractivity contribution in [3.63, 3.8) is 0 Å². The van der Waals surface area contributed by atoms with Crippen molar-refractivity contribution < 1.29 is 18.9 Å². The Bertz CT molecular complexity index is 1730. The second kappa shape index (κ2) is 10.3. The molecule has 220 valence electrons. The number of ether oxygens (including phenoxy) is 4. The van der Waals surface area contributed by atoms with Crippen molar-refractivity contribution >= 4 is 28.2 Å². The fourth-order valence-corrected chi connectivity index (χ4v) is 7.51. The zero-order valence-corrected chi connectivity index (χ0v) is 25.2. The standard InChI is InChI=1S/C37H38N2O4/c1-37(2)30-23-31(39-16-20-42-21-17-39)33(40-3)22-29(30)34-26-6-4-5-7-27(26)36-28(35(34)37)12-13-32(43-36)24-8-10-25(11-9-24)38-14-18-41-19-15-38/h4-13,22-23,32H,14-21H2,1-3H3. The number of hydrogen-bond acceptors (Lipinski definition) is 6. The Labute approximate surface area is 253 Å². The summed E-state index contributed by atoms with van der Waals surface area (Å²) in [5.74, 6) is 1.89. The molecule has 6 nitrogen and oxygen atoms in total. The van der Waals surface area contributed by atoms with E-state index in [0.717, 1.165) is 80.7 Å². The van der Waals surface area contributed by atoms with Crippen LogP contribution in [-0.4, -0.2) is 59.7 Å². The molecule has 1 unspecified atom stereocenters. The van der Waals surface area contributed by atoms with E-state index in [1.165, 1.54) is 38.9 Å². The zero-order valence-electron chi connectivity index (χ0n) is 25.2. The maximum atomic E-state index is 6.93. The van der Waals surface area contributed by atoms with Crippen LogP contribution in [0.2, 0.25) is 0 Å². The van der Waals surface area contributed by atoms with E-state index in [4.69, 9.17) is 18.9 Å². The van der Waals surface area contributed by atoms with Gasteiger partial charge in [-0.25, -0.2) is 0 Å². The normalized spacial score (nSPS) is 20.4. The Hall–Kier alpha value is -4.00. The molecule has 0 spiro atoms. The van der Waals surface area contributed by atoms with Gasteiger partial charge in [0, 0.05) is 48.2 Å². The quantitative estimate of drug-likeness (QED) is 0.262. The molecule has 0 amide bonds. The monoisotopic (exact) mass is 574 g/mol.